The number of esters is 1. The second-order valence-corrected chi connectivity index (χ2v) is 7.27. The molecule has 6 heteroatoms. The van der Waals surface area contributed by atoms with Crippen molar-refractivity contribution in [3.05, 3.63) is 0 Å². The fraction of sp³-hybridized carbons (Fsp3) is 0.917. The van der Waals surface area contributed by atoms with Crippen molar-refractivity contribution in [3.63, 3.8) is 0 Å². The lowest BCUT2D eigenvalue weighted by molar-refractivity contribution is -0.145. The molecule has 2 fully saturated rings. The smallest absolute Gasteiger partial charge is 0.310 e. The summed E-state index contributed by atoms with van der Waals surface area (Å²) in [7, 11) is -2.07. The quantitative estimate of drug-likeness (QED) is 0.761. The minimum atomic E-state index is -3.39. The first kappa shape index (κ1) is 13.8. The first-order valence-electron chi connectivity index (χ1n) is 6.61. The van der Waals surface area contributed by atoms with Gasteiger partial charge in [0.15, 0.2) is 0 Å². The normalized spacial score (nSPS) is 28.9. The molecule has 0 aromatic carbocycles. The lowest BCUT2D eigenvalue weighted by Gasteiger charge is -2.26. The van der Waals surface area contributed by atoms with E-state index in [0.29, 0.717) is 25.3 Å². The predicted octanol–water partition coefficient (Wildman–Crippen LogP) is 1.05. The zero-order valence-corrected chi connectivity index (χ0v) is 11.5. The van der Waals surface area contributed by atoms with Crippen LogP contribution in [0.5, 0.6) is 0 Å². The number of nitrogens with one attached hydrogen (secondary N) is 1. The Kier molecular flexibility index (Phi) is 4.27. The second kappa shape index (κ2) is 5.57. The average Bonchev–Trinajstić information content (AvgIpc) is 2.75. The van der Waals surface area contributed by atoms with E-state index in [2.05, 4.69) is 9.46 Å². The SMILES string of the molecule is COC(=O)C1CCCC1S(=O)(=O)NCC1CCC1. The Morgan fingerprint density at radius 2 is 1.89 bits per heavy atom. The molecule has 0 heterocycles. The van der Waals surface area contributed by atoms with Crippen LogP contribution in [0, 0.1) is 11.8 Å². The van der Waals surface area contributed by atoms with Gasteiger partial charge in [-0.15, -0.1) is 0 Å². The van der Waals surface area contributed by atoms with E-state index in [1.807, 2.05) is 0 Å². The molecule has 0 aromatic heterocycles. The maximum Gasteiger partial charge on any atom is 0.310 e. The summed E-state index contributed by atoms with van der Waals surface area (Å²) in [6.45, 7) is 0.521. The van der Waals surface area contributed by atoms with Crippen LogP contribution in [0.3, 0.4) is 0 Å². The molecular weight excluding hydrogens is 254 g/mol. The zero-order valence-electron chi connectivity index (χ0n) is 10.7. The van der Waals surface area contributed by atoms with Crippen molar-refractivity contribution in [1.82, 2.24) is 4.72 Å². The lowest BCUT2D eigenvalue weighted by atomic mass is 9.86. The van der Waals surface area contributed by atoms with E-state index in [4.69, 9.17) is 0 Å². The van der Waals surface area contributed by atoms with Gasteiger partial charge >= 0.3 is 5.97 Å². The molecule has 1 N–H and O–H groups in total. The number of methoxy groups -OCH3 is 1. The number of hydrogen-bond donors (Lipinski definition) is 1. The highest BCUT2D eigenvalue weighted by molar-refractivity contribution is 7.90. The van der Waals surface area contributed by atoms with Crippen molar-refractivity contribution in [2.75, 3.05) is 13.7 Å². The van der Waals surface area contributed by atoms with Crippen molar-refractivity contribution in [2.24, 2.45) is 11.8 Å². The van der Waals surface area contributed by atoms with Gasteiger partial charge in [0.2, 0.25) is 10.0 Å². The molecule has 2 aliphatic rings. The van der Waals surface area contributed by atoms with E-state index in [-0.39, 0.29) is 0 Å². The summed E-state index contributed by atoms with van der Waals surface area (Å²) in [5, 5.41) is -0.606. The van der Waals surface area contributed by atoms with Crippen molar-refractivity contribution >= 4 is 16.0 Å². The minimum absolute atomic E-state index is 0.397. The van der Waals surface area contributed by atoms with E-state index < -0.39 is 27.2 Å². The summed E-state index contributed by atoms with van der Waals surface area (Å²) in [6, 6.07) is 0. The molecule has 2 rings (SSSR count). The largest absolute Gasteiger partial charge is 0.469 e. The van der Waals surface area contributed by atoms with Gasteiger partial charge in [-0.3, -0.25) is 4.79 Å². The molecule has 2 aliphatic carbocycles. The first-order valence-corrected chi connectivity index (χ1v) is 8.15. The van der Waals surface area contributed by atoms with Crippen LogP contribution in [0.2, 0.25) is 0 Å². The molecule has 0 aromatic rings. The monoisotopic (exact) mass is 275 g/mol. The van der Waals surface area contributed by atoms with Crippen LogP contribution in [-0.2, 0) is 19.6 Å². The predicted molar refractivity (Wildman–Crippen MR) is 67.4 cm³/mol. The van der Waals surface area contributed by atoms with E-state index in [0.717, 1.165) is 19.3 Å². The number of rotatable bonds is 5. The fourth-order valence-electron chi connectivity index (χ4n) is 2.76. The molecule has 18 heavy (non-hydrogen) atoms. The van der Waals surface area contributed by atoms with Gasteiger partial charge in [0.05, 0.1) is 18.3 Å². The highest BCUT2D eigenvalue weighted by Crippen LogP contribution is 2.32. The van der Waals surface area contributed by atoms with E-state index in [1.165, 1.54) is 13.5 Å². The summed E-state index contributed by atoms with van der Waals surface area (Å²) >= 11 is 0. The van der Waals surface area contributed by atoms with Crippen LogP contribution in [0.15, 0.2) is 0 Å². The highest BCUT2D eigenvalue weighted by atomic mass is 32.2. The van der Waals surface area contributed by atoms with Gasteiger partial charge in [0.1, 0.15) is 0 Å². The van der Waals surface area contributed by atoms with Gasteiger partial charge < -0.3 is 4.74 Å². The van der Waals surface area contributed by atoms with Gasteiger partial charge in [-0.2, -0.15) is 0 Å². The molecule has 104 valence electrons. The van der Waals surface area contributed by atoms with Crippen LogP contribution in [0.4, 0.5) is 0 Å². The van der Waals surface area contributed by atoms with Gasteiger partial charge in [-0.05, 0) is 31.6 Å². The maximum atomic E-state index is 12.2. The summed E-state index contributed by atoms with van der Waals surface area (Å²) in [4.78, 5) is 11.6. The van der Waals surface area contributed by atoms with Crippen molar-refractivity contribution < 1.29 is 17.9 Å². The molecule has 2 saturated carbocycles. The third-order valence-electron chi connectivity index (χ3n) is 4.15. The molecule has 0 bridgehead atoms. The third-order valence-corrected chi connectivity index (χ3v) is 6.08. The number of ether oxygens (including phenoxy) is 1. The standard InChI is InChI=1S/C12H21NO4S/c1-17-12(14)10-6-3-7-11(10)18(15,16)13-8-9-4-2-5-9/h9-11,13H,2-8H2,1H3. The van der Waals surface area contributed by atoms with Gasteiger partial charge in [0, 0.05) is 6.54 Å². The van der Waals surface area contributed by atoms with E-state index in [1.54, 1.807) is 0 Å². The average molecular weight is 275 g/mol. The fourth-order valence-corrected chi connectivity index (χ4v) is 4.60. The third kappa shape index (κ3) is 2.85. The van der Waals surface area contributed by atoms with Crippen LogP contribution in [-0.4, -0.2) is 33.3 Å². The highest BCUT2D eigenvalue weighted by Gasteiger charge is 2.42. The van der Waals surface area contributed by atoms with Crippen LogP contribution < -0.4 is 4.72 Å². The van der Waals surface area contributed by atoms with Gasteiger partial charge in [0.25, 0.3) is 0 Å². The number of hydrogen-bond acceptors (Lipinski definition) is 4. The van der Waals surface area contributed by atoms with Crippen LogP contribution >= 0.6 is 0 Å². The molecular formula is C12H21NO4S. The molecule has 2 atom stereocenters. The van der Waals surface area contributed by atoms with Crippen molar-refractivity contribution in [3.8, 4) is 0 Å². The summed E-state index contributed by atoms with van der Waals surface area (Å²) in [6.07, 6.45) is 5.35. The van der Waals surface area contributed by atoms with Crippen molar-refractivity contribution in [1.29, 1.82) is 0 Å². The van der Waals surface area contributed by atoms with Gasteiger partial charge in [-0.1, -0.05) is 12.8 Å². The first-order chi connectivity index (χ1) is 8.54. The Morgan fingerprint density at radius 1 is 1.22 bits per heavy atom. The summed E-state index contributed by atoms with van der Waals surface area (Å²) in [5.41, 5.74) is 0. The number of carbonyl (C=O) groups excluding carboxylic acids is 1. The van der Waals surface area contributed by atoms with Crippen LogP contribution in [0.1, 0.15) is 38.5 Å². The lowest BCUT2D eigenvalue weighted by Crippen LogP contribution is -2.42. The van der Waals surface area contributed by atoms with E-state index in [9.17, 15) is 13.2 Å². The number of sulfonamides is 1. The summed E-state index contributed by atoms with van der Waals surface area (Å²) < 4.78 is 31.7. The molecule has 0 amide bonds. The molecule has 0 aliphatic heterocycles. The van der Waals surface area contributed by atoms with E-state index >= 15 is 0 Å². The van der Waals surface area contributed by atoms with Crippen molar-refractivity contribution in [2.45, 2.75) is 43.8 Å². The summed E-state index contributed by atoms with van der Waals surface area (Å²) in [5.74, 6) is -0.404. The second-order valence-electron chi connectivity index (χ2n) is 5.29. The number of carbonyl (C=O) groups is 1. The zero-order chi connectivity index (χ0) is 13.2. The minimum Gasteiger partial charge on any atom is -0.469 e. The molecule has 5 nitrogen and oxygen atoms in total. The Balaban J connectivity index is 1.96. The Labute approximate surface area is 108 Å². The Hall–Kier alpha value is -0.620. The molecule has 0 radical (unpaired) electrons. The van der Waals surface area contributed by atoms with Crippen LogP contribution in [0.25, 0.3) is 0 Å². The molecule has 0 spiro atoms. The maximum absolute atomic E-state index is 12.2. The Morgan fingerprint density at radius 3 is 2.44 bits per heavy atom. The molecule has 2 unspecified atom stereocenters. The Bertz CT molecular complexity index is 402. The molecule has 0 saturated heterocycles. The van der Waals surface area contributed by atoms with Gasteiger partial charge in [-0.25, -0.2) is 13.1 Å². The topological polar surface area (TPSA) is 72.5 Å².